The van der Waals surface area contributed by atoms with Crippen LogP contribution in [0.1, 0.15) is 28.9 Å². The van der Waals surface area contributed by atoms with Crippen molar-refractivity contribution in [3.63, 3.8) is 0 Å². The summed E-state index contributed by atoms with van der Waals surface area (Å²) >= 11 is 1.52. The summed E-state index contributed by atoms with van der Waals surface area (Å²) in [6.45, 7) is 3.47. The van der Waals surface area contributed by atoms with E-state index in [-0.39, 0.29) is 11.9 Å². The second-order valence-corrected chi connectivity index (χ2v) is 6.36. The molecule has 5 heteroatoms. The molecule has 2 aromatic rings. The van der Waals surface area contributed by atoms with Gasteiger partial charge in [0.05, 0.1) is 0 Å². The molecule has 1 amide bonds. The molecule has 1 aromatic carbocycles. The minimum absolute atomic E-state index is 0.00114. The second kappa shape index (κ2) is 5.95. The summed E-state index contributed by atoms with van der Waals surface area (Å²) in [5.74, 6) is 0.00114. The maximum atomic E-state index is 12.5. The van der Waals surface area contributed by atoms with Crippen molar-refractivity contribution in [3.05, 3.63) is 40.9 Å². The molecule has 110 valence electrons. The quantitative estimate of drug-likeness (QED) is 0.927. The van der Waals surface area contributed by atoms with Crippen LogP contribution >= 0.6 is 11.3 Å². The van der Waals surface area contributed by atoms with Crippen LogP contribution in [0.15, 0.2) is 29.6 Å². The minimum Gasteiger partial charge on any atom is -0.336 e. The molecule has 21 heavy (non-hydrogen) atoms. The van der Waals surface area contributed by atoms with Gasteiger partial charge in [-0.3, -0.25) is 4.79 Å². The highest BCUT2D eigenvalue weighted by molar-refractivity contribution is 7.13. The van der Waals surface area contributed by atoms with Gasteiger partial charge in [0.25, 0.3) is 5.91 Å². The number of hydrogen-bond donors (Lipinski definition) is 1. The zero-order valence-electron chi connectivity index (χ0n) is 12.1. The number of rotatable bonds is 2. The Morgan fingerprint density at radius 1 is 1.43 bits per heavy atom. The Bertz CT molecular complexity index is 652. The minimum atomic E-state index is 0.00114. The van der Waals surface area contributed by atoms with E-state index in [0.717, 1.165) is 30.0 Å². The lowest BCUT2D eigenvalue weighted by atomic mass is 10.1. The lowest BCUT2D eigenvalue weighted by Gasteiger charge is -2.30. The van der Waals surface area contributed by atoms with E-state index in [1.54, 1.807) is 0 Å². The fraction of sp³-hybridized carbons (Fsp3) is 0.375. The summed E-state index contributed by atoms with van der Waals surface area (Å²) in [6, 6.07) is 8.20. The predicted octanol–water partition coefficient (Wildman–Crippen LogP) is 2.68. The van der Waals surface area contributed by atoms with Gasteiger partial charge in [-0.25, -0.2) is 4.98 Å². The fourth-order valence-corrected chi connectivity index (χ4v) is 3.55. The molecular formula is C16H19N3OS. The van der Waals surface area contributed by atoms with E-state index in [0.29, 0.717) is 12.2 Å². The highest BCUT2D eigenvalue weighted by Gasteiger charge is 2.24. The molecule has 1 aliphatic rings. The molecule has 1 unspecified atom stereocenters. The number of hydrogen-bond acceptors (Lipinski definition) is 4. The Balaban J connectivity index is 1.82. The summed E-state index contributed by atoms with van der Waals surface area (Å²) in [5, 5.41) is 2.75. The zero-order valence-corrected chi connectivity index (χ0v) is 12.9. The van der Waals surface area contributed by atoms with E-state index in [2.05, 4.69) is 18.0 Å². The van der Waals surface area contributed by atoms with Gasteiger partial charge in [0.1, 0.15) is 10.7 Å². The molecular weight excluding hydrogens is 282 g/mol. The van der Waals surface area contributed by atoms with Crippen molar-refractivity contribution in [1.29, 1.82) is 0 Å². The van der Waals surface area contributed by atoms with E-state index in [4.69, 9.17) is 5.73 Å². The number of aryl methyl sites for hydroxylation is 1. The van der Waals surface area contributed by atoms with Crippen molar-refractivity contribution in [2.24, 2.45) is 5.73 Å². The van der Waals surface area contributed by atoms with Crippen LogP contribution in [0.4, 0.5) is 0 Å². The van der Waals surface area contributed by atoms with Gasteiger partial charge >= 0.3 is 0 Å². The van der Waals surface area contributed by atoms with E-state index < -0.39 is 0 Å². The van der Waals surface area contributed by atoms with Crippen molar-refractivity contribution < 1.29 is 4.79 Å². The number of thiazole rings is 1. The molecule has 1 aliphatic heterocycles. The molecule has 1 aromatic heterocycles. The lowest BCUT2D eigenvalue weighted by molar-refractivity contribution is 0.0704. The number of nitrogens with zero attached hydrogens (tertiary/aromatic N) is 2. The lowest BCUT2D eigenvalue weighted by Crippen LogP contribution is -2.45. The van der Waals surface area contributed by atoms with E-state index >= 15 is 0 Å². The van der Waals surface area contributed by atoms with Crippen LogP contribution in [-0.4, -0.2) is 34.9 Å². The molecule has 2 N–H and O–H groups in total. The smallest absolute Gasteiger partial charge is 0.273 e. The van der Waals surface area contributed by atoms with Gasteiger partial charge in [0, 0.05) is 30.1 Å². The number of aromatic nitrogens is 1. The van der Waals surface area contributed by atoms with Gasteiger partial charge in [0.2, 0.25) is 0 Å². The van der Waals surface area contributed by atoms with Crippen molar-refractivity contribution in [2.45, 2.75) is 25.8 Å². The summed E-state index contributed by atoms with van der Waals surface area (Å²) in [4.78, 5) is 18.8. The molecule has 1 atom stereocenters. The van der Waals surface area contributed by atoms with E-state index in [9.17, 15) is 4.79 Å². The number of amides is 1. The van der Waals surface area contributed by atoms with E-state index in [1.807, 2.05) is 28.5 Å². The van der Waals surface area contributed by atoms with Crippen molar-refractivity contribution in [2.75, 3.05) is 13.1 Å². The maximum Gasteiger partial charge on any atom is 0.273 e. The summed E-state index contributed by atoms with van der Waals surface area (Å²) in [5.41, 5.74) is 8.75. The third-order valence-corrected chi connectivity index (χ3v) is 4.72. The maximum absolute atomic E-state index is 12.5. The molecule has 1 saturated heterocycles. The normalized spacial score (nSPS) is 18.8. The van der Waals surface area contributed by atoms with Crippen LogP contribution < -0.4 is 5.73 Å². The number of carbonyl (C=O) groups is 1. The Morgan fingerprint density at radius 2 is 2.24 bits per heavy atom. The van der Waals surface area contributed by atoms with Gasteiger partial charge in [-0.2, -0.15) is 0 Å². The molecule has 2 heterocycles. The number of carbonyl (C=O) groups excluding carboxylic acids is 1. The first-order valence-electron chi connectivity index (χ1n) is 7.21. The molecule has 0 spiro atoms. The Kier molecular flexibility index (Phi) is 4.03. The Labute approximate surface area is 128 Å². The third-order valence-electron chi connectivity index (χ3n) is 3.84. The van der Waals surface area contributed by atoms with Crippen LogP contribution in [0, 0.1) is 6.92 Å². The molecule has 3 rings (SSSR count). The van der Waals surface area contributed by atoms with Crippen LogP contribution in [0.3, 0.4) is 0 Å². The number of benzene rings is 1. The van der Waals surface area contributed by atoms with Crippen LogP contribution in [-0.2, 0) is 0 Å². The molecule has 0 saturated carbocycles. The highest BCUT2D eigenvalue weighted by Crippen LogP contribution is 2.27. The van der Waals surface area contributed by atoms with Gasteiger partial charge in [-0.05, 0) is 25.3 Å². The molecule has 0 radical (unpaired) electrons. The van der Waals surface area contributed by atoms with Crippen LogP contribution in [0.5, 0.6) is 0 Å². The first-order valence-corrected chi connectivity index (χ1v) is 8.09. The average molecular weight is 301 g/mol. The molecule has 4 nitrogen and oxygen atoms in total. The number of nitrogens with two attached hydrogens (primary N) is 1. The zero-order chi connectivity index (χ0) is 14.8. The average Bonchev–Trinajstić information content (AvgIpc) is 2.96. The van der Waals surface area contributed by atoms with Crippen molar-refractivity contribution >= 4 is 17.2 Å². The third kappa shape index (κ3) is 2.99. The van der Waals surface area contributed by atoms with E-state index in [1.165, 1.54) is 16.9 Å². The van der Waals surface area contributed by atoms with Gasteiger partial charge in [-0.15, -0.1) is 11.3 Å². The largest absolute Gasteiger partial charge is 0.336 e. The van der Waals surface area contributed by atoms with Gasteiger partial charge < -0.3 is 10.6 Å². The molecule has 0 bridgehead atoms. The van der Waals surface area contributed by atoms with Crippen LogP contribution in [0.2, 0.25) is 0 Å². The van der Waals surface area contributed by atoms with Crippen molar-refractivity contribution in [3.8, 4) is 10.6 Å². The summed E-state index contributed by atoms with van der Waals surface area (Å²) in [6.07, 6.45) is 1.97. The monoisotopic (exact) mass is 301 g/mol. The standard InChI is InChI=1S/C16H19N3OS/c1-11-5-2-3-7-13(11)15-18-14(10-21-15)16(20)19-8-4-6-12(17)9-19/h2-3,5,7,10,12H,4,6,8-9,17H2,1H3. The Hall–Kier alpha value is -1.72. The Morgan fingerprint density at radius 3 is 3.00 bits per heavy atom. The summed E-state index contributed by atoms with van der Waals surface area (Å²) in [7, 11) is 0. The van der Waals surface area contributed by atoms with Crippen molar-refractivity contribution in [1.82, 2.24) is 9.88 Å². The number of likely N-dealkylation sites (tertiary alicyclic amines) is 1. The highest BCUT2D eigenvalue weighted by atomic mass is 32.1. The fourth-order valence-electron chi connectivity index (χ4n) is 2.66. The molecule has 1 fully saturated rings. The first kappa shape index (κ1) is 14.2. The van der Waals surface area contributed by atoms with Crippen LogP contribution in [0.25, 0.3) is 10.6 Å². The summed E-state index contributed by atoms with van der Waals surface area (Å²) < 4.78 is 0. The number of piperidine rings is 1. The topological polar surface area (TPSA) is 59.2 Å². The van der Waals surface area contributed by atoms with Gasteiger partial charge in [0.15, 0.2) is 0 Å². The SMILES string of the molecule is Cc1ccccc1-c1nc(C(=O)N2CCCC(N)C2)cs1. The second-order valence-electron chi connectivity index (χ2n) is 5.51. The molecule has 0 aliphatic carbocycles. The predicted molar refractivity (Wildman–Crippen MR) is 85.4 cm³/mol. The first-order chi connectivity index (χ1) is 10.1. The van der Waals surface area contributed by atoms with Gasteiger partial charge in [-0.1, -0.05) is 24.3 Å².